The molecule has 136 valence electrons. The summed E-state index contributed by atoms with van der Waals surface area (Å²) in [6, 6.07) is 3.97. The Bertz CT molecular complexity index is 564. The first-order valence-corrected chi connectivity index (χ1v) is 9.44. The normalized spacial score (nSPS) is 19.4. The topological polar surface area (TPSA) is 74.3 Å². The third kappa shape index (κ3) is 5.18. The highest BCUT2D eigenvalue weighted by molar-refractivity contribution is 5.79. The van der Waals surface area contributed by atoms with Crippen molar-refractivity contribution in [1.82, 2.24) is 20.5 Å². The lowest BCUT2D eigenvalue weighted by molar-refractivity contribution is -0.126. The summed E-state index contributed by atoms with van der Waals surface area (Å²) in [5.41, 5.74) is 0.991. The SMILES string of the molecule is O=C(NC1CCN(C(=O)NCc2cccnc2)CC1)C1CCCCC1. The van der Waals surface area contributed by atoms with E-state index in [1.54, 1.807) is 12.4 Å². The van der Waals surface area contributed by atoms with E-state index in [4.69, 9.17) is 0 Å². The number of nitrogens with one attached hydrogen (secondary N) is 2. The van der Waals surface area contributed by atoms with Crippen LogP contribution in [0, 0.1) is 5.92 Å². The van der Waals surface area contributed by atoms with Crippen LogP contribution in [0.5, 0.6) is 0 Å². The van der Waals surface area contributed by atoms with E-state index in [1.807, 2.05) is 17.0 Å². The predicted molar refractivity (Wildman–Crippen MR) is 95.8 cm³/mol. The number of aromatic nitrogens is 1. The van der Waals surface area contributed by atoms with Gasteiger partial charge in [-0.25, -0.2) is 4.79 Å². The van der Waals surface area contributed by atoms with Gasteiger partial charge in [0.2, 0.25) is 5.91 Å². The van der Waals surface area contributed by atoms with Crippen LogP contribution in [0.25, 0.3) is 0 Å². The van der Waals surface area contributed by atoms with Crippen LogP contribution in [-0.4, -0.2) is 41.0 Å². The number of hydrogen-bond donors (Lipinski definition) is 2. The fourth-order valence-corrected chi connectivity index (χ4v) is 3.70. The average molecular weight is 344 g/mol. The molecule has 1 aromatic heterocycles. The smallest absolute Gasteiger partial charge is 0.317 e. The number of rotatable bonds is 4. The van der Waals surface area contributed by atoms with Gasteiger partial charge in [0.15, 0.2) is 0 Å². The highest BCUT2D eigenvalue weighted by Crippen LogP contribution is 2.24. The maximum absolute atomic E-state index is 12.3. The Balaban J connectivity index is 1.37. The lowest BCUT2D eigenvalue weighted by Crippen LogP contribution is -2.50. The first-order chi connectivity index (χ1) is 12.2. The van der Waals surface area contributed by atoms with Crippen molar-refractivity contribution in [1.29, 1.82) is 0 Å². The Labute approximate surface area is 149 Å². The van der Waals surface area contributed by atoms with Crippen molar-refractivity contribution >= 4 is 11.9 Å². The van der Waals surface area contributed by atoms with Crippen molar-refractivity contribution in [3.63, 3.8) is 0 Å². The number of piperidine rings is 1. The largest absolute Gasteiger partial charge is 0.353 e. The second-order valence-electron chi connectivity index (χ2n) is 7.12. The summed E-state index contributed by atoms with van der Waals surface area (Å²) >= 11 is 0. The quantitative estimate of drug-likeness (QED) is 0.881. The summed E-state index contributed by atoms with van der Waals surface area (Å²) in [7, 11) is 0. The Morgan fingerprint density at radius 3 is 2.56 bits per heavy atom. The van der Waals surface area contributed by atoms with Crippen molar-refractivity contribution < 1.29 is 9.59 Å². The van der Waals surface area contributed by atoms with Crippen LogP contribution in [0.2, 0.25) is 0 Å². The average Bonchev–Trinajstić information content (AvgIpc) is 2.68. The number of likely N-dealkylation sites (tertiary alicyclic amines) is 1. The third-order valence-corrected chi connectivity index (χ3v) is 5.27. The van der Waals surface area contributed by atoms with Crippen LogP contribution in [0.1, 0.15) is 50.5 Å². The number of amides is 3. The van der Waals surface area contributed by atoms with Crippen molar-refractivity contribution in [3.8, 4) is 0 Å². The Kier molecular flexibility index (Phi) is 6.25. The number of hydrogen-bond acceptors (Lipinski definition) is 3. The Morgan fingerprint density at radius 1 is 1.12 bits per heavy atom. The third-order valence-electron chi connectivity index (χ3n) is 5.27. The van der Waals surface area contributed by atoms with Gasteiger partial charge >= 0.3 is 6.03 Å². The molecule has 2 heterocycles. The first-order valence-electron chi connectivity index (χ1n) is 9.44. The minimum Gasteiger partial charge on any atom is -0.353 e. The van der Waals surface area contributed by atoms with Crippen molar-refractivity contribution in [3.05, 3.63) is 30.1 Å². The molecule has 1 aromatic rings. The number of pyridine rings is 1. The van der Waals surface area contributed by atoms with Gasteiger partial charge in [0.1, 0.15) is 0 Å². The summed E-state index contributed by atoms with van der Waals surface area (Å²) in [5, 5.41) is 6.14. The molecule has 2 aliphatic rings. The van der Waals surface area contributed by atoms with E-state index in [0.717, 1.165) is 31.2 Å². The van der Waals surface area contributed by atoms with Gasteiger partial charge in [-0.3, -0.25) is 9.78 Å². The van der Waals surface area contributed by atoms with Gasteiger partial charge in [0.25, 0.3) is 0 Å². The van der Waals surface area contributed by atoms with Gasteiger partial charge < -0.3 is 15.5 Å². The highest BCUT2D eigenvalue weighted by Gasteiger charge is 2.27. The van der Waals surface area contributed by atoms with Crippen molar-refractivity contribution in [2.75, 3.05) is 13.1 Å². The lowest BCUT2D eigenvalue weighted by atomic mass is 9.88. The van der Waals surface area contributed by atoms with Crippen LogP contribution in [0.15, 0.2) is 24.5 Å². The molecule has 3 amide bonds. The van der Waals surface area contributed by atoms with Crippen LogP contribution in [-0.2, 0) is 11.3 Å². The molecule has 0 bridgehead atoms. The molecule has 0 spiro atoms. The summed E-state index contributed by atoms with van der Waals surface area (Å²) in [5.74, 6) is 0.425. The fourth-order valence-electron chi connectivity index (χ4n) is 3.70. The summed E-state index contributed by atoms with van der Waals surface area (Å²) in [6.07, 6.45) is 10.8. The summed E-state index contributed by atoms with van der Waals surface area (Å²) < 4.78 is 0. The van der Waals surface area contributed by atoms with E-state index in [1.165, 1.54) is 19.3 Å². The zero-order chi connectivity index (χ0) is 17.5. The second kappa shape index (κ2) is 8.83. The molecule has 2 fully saturated rings. The molecule has 2 N–H and O–H groups in total. The molecule has 6 heteroatoms. The molecule has 1 saturated carbocycles. The number of carbonyl (C=O) groups is 2. The van der Waals surface area contributed by atoms with Gasteiger partial charge in [-0.05, 0) is 37.3 Å². The maximum atomic E-state index is 12.3. The molecule has 1 aliphatic heterocycles. The zero-order valence-electron chi connectivity index (χ0n) is 14.7. The molecular weight excluding hydrogens is 316 g/mol. The van der Waals surface area contributed by atoms with Gasteiger partial charge in [0.05, 0.1) is 0 Å². The second-order valence-corrected chi connectivity index (χ2v) is 7.12. The predicted octanol–water partition coefficient (Wildman–Crippen LogP) is 2.45. The standard InChI is InChI=1S/C19H28N4O2/c24-18(16-6-2-1-3-7-16)22-17-8-11-23(12-9-17)19(25)21-14-15-5-4-10-20-13-15/h4-5,10,13,16-17H,1-3,6-9,11-12,14H2,(H,21,25)(H,22,24). The molecule has 1 saturated heterocycles. The molecule has 0 unspecified atom stereocenters. The minimum atomic E-state index is -0.0408. The minimum absolute atomic E-state index is 0.0408. The van der Waals surface area contributed by atoms with Crippen molar-refractivity contribution in [2.45, 2.75) is 57.5 Å². The lowest BCUT2D eigenvalue weighted by Gasteiger charge is -2.33. The van der Waals surface area contributed by atoms with Crippen LogP contribution in [0.3, 0.4) is 0 Å². The van der Waals surface area contributed by atoms with E-state index in [9.17, 15) is 9.59 Å². The van der Waals surface area contributed by atoms with Crippen LogP contribution in [0.4, 0.5) is 4.79 Å². The molecule has 1 aliphatic carbocycles. The van der Waals surface area contributed by atoms with Gasteiger partial charge in [-0.15, -0.1) is 0 Å². The van der Waals surface area contributed by atoms with E-state index in [0.29, 0.717) is 19.6 Å². The van der Waals surface area contributed by atoms with Crippen molar-refractivity contribution in [2.24, 2.45) is 5.92 Å². The van der Waals surface area contributed by atoms with E-state index in [2.05, 4.69) is 15.6 Å². The monoisotopic (exact) mass is 344 g/mol. The molecule has 0 aromatic carbocycles. The summed E-state index contributed by atoms with van der Waals surface area (Å²) in [6.45, 7) is 1.87. The first kappa shape index (κ1) is 17.7. The van der Waals surface area contributed by atoms with Crippen LogP contribution >= 0.6 is 0 Å². The number of nitrogens with zero attached hydrogens (tertiary/aromatic N) is 2. The van der Waals surface area contributed by atoms with Gasteiger partial charge in [-0.2, -0.15) is 0 Å². The molecule has 0 radical (unpaired) electrons. The number of carbonyl (C=O) groups excluding carboxylic acids is 2. The zero-order valence-corrected chi connectivity index (χ0v) is 14.7. The van der Waals surface area contributed by atoms with Gasteiger partial charge in [0, 0.05) is 44.0 Å². The maximum Gasteiger partial charge on any atom is 0.317 e. The highest BCUT2D eigenvalue weighted by atomic mass is 16.2. The van der Waals surface area contributed by atoms with Crippen LogP contribution < -0.4 is 10.6 Å². The molecular formula is C19H28N4O2. The number of urea groups is 1. The Hall–Kier alpha value is -2.11. The molecule has 25 heavy (non-hydrogen) atoms. The van der Waals surface area contributed by atoms with E-state index < -0.39 is 0 Å². The Morgan fingerprint density at radius 2 is 1.88 bits per heavy atom. The van der Waals surface area contributed by atoms with E-state index >= 15 is 0 Å². The molecule has 0 atom stereocenters. The molecule has 6 nitrogen and oxygen atoms in total. The van der Waals surface area contributed by atoms with E-state index in [-0.39, 0.29) is 23.9 Å². The molecule has 3 rings (SSSR count). The fraction of sp³-hybridized carbons (Fsp3) is 0.632. The van der Waals surface area contributed by atoms with Gasteiger partial charge in [-0.1, -0.05) is 25.3 Å². The summed E-state index contributed by atoms with van der Waals surface area (Å²) in [4.78, 5) is 30.5.